The molecule has 7 heteroatoms. The van der Waals surface area contributed by atoms with Crippen molar-refractivity contribution < 1.29 is 22.7 Å². The van der Waals surface area contributed by atoms with E-state index in [-0.39, 0.29) is 16.2 Å². The van der Waals surface area contributed by atoms with Crippen LogP contribution >= 0.6 is 0 Å². The number of nitrogens with zero attached hydrogens (tertiary/aromatic N) is 1. The number of carbonyl (C=O) groups is 2. The molecule has 1 aliphatic rings. The van der Waals surface area contributed by atoms with Gasteiger partial charge in [0.05, 0.1) is 16.1 Å². The molecule has 1 heterocycles. The summed E-state index contributed by atoms with van der Waals surface area (Å²) in [6.07, 6.45) is 0.341. The second kappa shape index (κ2) is 10.4. The fourth-order valence-corrected chi connectivity index (χ4v) is 6.08. The summed E-state index contributed by atoms with van der Waals surface area (Å²) in [5.74, 6) is -1.15. The van der Waals surface area contributed by atoms with E-state index in [9.17, 15) is 18.0 Å². The van der Waals surface area contributed by atoms with Gasteiger partial charge in [-0.15, -0.1) is 0 Å². The van der Waals surface area contributed by atoms with Gasteiger partial charge in [-0.1, -0.05) is 84.9 Å². The largest absolute Gasteiger partial charge is 0.445 e. The van der Waals surface area contributed by atoms with Crippen LogP contribution in [0.15, 0.2) is 114 Å². The number of esters is 1. The lowest BCUT2D eigenvalue weighted by atomic mass is 10.00. The number of sulfonamides is 1. The lowest BCUT2D eigenvalue weighted by molar-refractivity contribution is 0.0280. The maximum atomic E-state index is 13.6. The van der Waals surface area contributed by atoms with Crippen molar-refractivity contribution in [3.63, 3.8) is 0 Å². The minimum atomic E-state index is -3.91. The minimum Gasteiger partial charge on any atom is -0.445 e. The number of hydrogen-bond acceptors (Lipinski definition) is 5. The average Bonchev–Trinajstić information content (AvgIpc) is 2.96. The number of aryl methyl sites for hydroxylation is 1. The van der Waals surface area contributed by atoms with Crippen molar-refractivity contribution in [1.82, 2.24) is 0 Å². The molecule has 4 aromatic carbocycles. The summed E-state index contributed by atoms with van der Waals surface area (Å²) in [5.41, 5.74) is 2.60. The molecule has 0 saturated carbocycles. The van der Waals surface area contributed by atoms with Crippen LogP contribution in [0.1, 0.15) is 44.4 Å². The van der Waals surface area contributed by atoms with Gasteiger partial charge < -0.3 is 4.74 Å². The summed E-state index contributed by atoms with van der Waals surface area (Å²) in [6.45, 7) is 0.357. The topological polar surface area (TPSA) is 80.8 Å². The molecule has 0 spiro atoms. The highest BCUT2D eigenvalue weighted by Gasteiger charge is 2.31. The van der Waals surface area contributed by atoms with Gasteiger partial charge >= 0.3 is 5.97 Å². The molecule has 1 atom stereocenters. The Morgan fingerprint density at radius 3 is 2.16 bits per heavy atom. The molecule has 186 valence electrons. The third-order valence-corrected chi connectivity index (χ3v) is 8.16. The van der Waals surface area contributed by atoms with Crippen molar-refractivity contribution in [2.75, 3.05) is 10.8 Å². The fourth-order valence-electron chi connectivity index (χ4n) is 4.49. The summed E-state index contributed by atoms with van der Waals surface area (Å²) >= 11 is 0. The predicted octanol–water partition coefficient (Wildman–Crippen LogP) is 5.61. The molecule has 37 heavy (non-hydrogen) atoms. The second-order valence-corrected chi connectivity index (χ2v) is 10.6. The van der Waals surface area contributed by atoms with E-state index in [4.69, 9.17) is 4.74 Å². The van der Waals surface area contributed by atoms with E-state index in [1.54, 1.807) is 60.7 Å². The molecule has 0 amide bonds. The Hall–Kier alpha value is -4.23. The first-order valence-corrected chi connectivity index (χ1v) is 13.4. The van der Waals surface area contributed by atoms with E-state index in [1.807, 2.05) is 24.3 Å². The van der Waals surface area contributed by atoms with Crippen LogP contribution < -0.4 is 4.31 Å². The number of Topliss-reactive ketones (excluding diaryl/α,β-unsaturated/α-hetero) is 1. The molecular formula is C30H25NO5S. The van der Waals surface area contributed by atoms with E-state index >= 15 is 0 Å². The Morgan fingerprint density at radius 2 is 1.41 bits per heavy atom. The van der Waals surface area contributed by atoms with Gasteiger partial charge in [0.15, 0.2) is 6.10 Å². The molecule has 0 N–H and O–H groups in total. The van der Waals surface area contributed by atoms with Gasteiger partial charge in [-0.05, 0) is 42.7 Å². The van der Waals surface area contributed by atoms with Crippen molar-refractivity contribution >= 4 is 27.5 Å². The van der Waals surface area contributed by atoms with Gasteiger partial charge in [0.2, 0.25) is 5.78 Å². The van der Waals surface area contributed by atoms with Crippen LogP contribution in [0, 0.1) is 0 Å². The van der Waals surface area contributed by atoms with Crippen molar-refractivity contribution in [2.45, 2.75) is 23.8 Å². The Kier molecular flexibility index (Phi) is 6.88. The molecule has 0 aliphatic carbocycles. The molecule has 0 radical (unpaired) electrons. The van der Waals surface area contributed by atoms with Crippen molar-refractivity contribution in [3.05, 3.63) is 131 Å². The Bertz CT molecular complexity index is 1530. The van der Waals surface area contributed by atoms with Crippen molar-refractivity contribution in [2.24, 2.45) is 0 Å². The number of hydrogen-bond donors (Lipinski definition) is 0. The van der Waals surface area contributed by atoms with Crippen molar-refractivity contribution in [1.29, 1.82) is 0 Å². The number of fused-ring (bicyclic) bond motifs is 1. The Morgan fingerprint density at radius 1 is 0.757 bits per heavy atom. The molecule has 4 aromatic rings. The van der Waals surface area contributed by atoms with Crippen LogP contribution in [0.4, 0.5) is 5.69 Å². The molecule has 5 rings (SSSR count). The summed E-state index contributed by atoms with van der Waals surface area (Å²) in [4.78, 5) is 26.5. The highest BCUT2D eigenvalue weighted by Crippen LogP contribution is 2.32. The smallest absolute Gasteiger partial charge is 0.339 e. The monoisotopic (exact) mass is 511 g/mol. The van der Waals surface area contributed by atoms with Gasteiger partial charge in [0.25, 0.3) is 10.0 Å². The van der Waals surface area contributed by atoms with Crippen LogP contribution in [-0.2, 0) is 21.2 Å². The van der Waals surface area contributed by atoms with E-state index in [0.717, 1.165) is 12.0 Å². The molecule has 0 unspecified atom stereocenters. The summed E-state index contributed by atoms with van der Waals surface area (Å²) in [7, 11) is -3.91. The lowest BCUT2D eigenvalue weighted by Crippen LogP contribution is -2.35. The Balaban J connectivity index is 1.45. The number of carbonyl (C=O) groups excluding carboxylic acids is 2. The maximum absolute atomic E-state index is 13.6. The standard InChI is InChI=1S/C30H25NO5S/c32-28(23-12-3-1-4-13-23)29(24-14-5-2-6-15-24)36-30(33)25-16-9-18-26(21-25)37(34,35)31-20-10-17-22-11-7-8-19-27(22)31/h1-9,11-16,18-19,21,29H,10,17,20H2/t29-/m0/s1. The molecule has 6 nitrogen and oxygen atoms in total. The first-order chi connectivity index (χ1) is 17.9. The highest BCUT2D eigenvalue weighted by atomic mass is 32.2. The number of benzene rings is 4. The molecule has 0 fully saturated rings. The van der Waals surface area contributed by atoms with Gasteiger partial charge in [0.1, 0.15) is 0 Å². The summed E-state index contributed by atoms with van der Waals surface area (Å²) < 4.78 is 34.3. The maximum Gasteiger partial charge on any atom is 0.339 e. The molecule has 1 aliphatic heterocycles. The van der Waals surface area contributed by atoms with E-state index < -0.39 is 22.1 Å². The molecule has 0 saturated heterocycles. The van der Waals surface area contributed by atoms with E-state index in [2.05, 4.69) is 0 Å². The zero-order valence-corrected chi connectivity index (χ0v) is 20.8. The normalized spacial score (nSPS) is 13.9. The first-order valence-electron chi connectivity index (χ1n) is 12.0. The van der Waals surface area contributed by atoms with Crippen LogP contribution in [-0.4, -0.2) is 26.7 Å². The number of anilines is 1. The molecule has 0 bridgehead atoms. The van der Waals surface area contributed by atoms with Gasteiger partial charge in [-0.25, -0.2) is 13.2 Å². The SMILES string of the molecule is O=C(O[C@H](C(=O)c1ccccc1)c1ccccc1)c1cccc(S(=O)(=O)N2CCCc3ccccc32)c1. The second-order valence-electron chi connectivity index (χ2n) is 8.76. The van der Waals surface area contributed by atoms with E-state index in [1.165, 1.54) is 28.6 Å². The summed E-state index contributed by atoms with van der Waals surface area (Å²) in [5, 5.41) is 0. The van der Waals surface area contributed by atoms with Crippen LogP contribution in [0.25, 0.3) is 0 Å². The average molecular weight is 512 g/mol. The zero-order valence-electron chi connectivity index (χ0n) is 20.0. The fraction of sp³-hybridized carbons (Fsp3) is 0.133. The van der Waals surface area contributed by atoms with E-state index in [0.29, 0.717) is 29.8 Å². The number of ketones is 1. The minimum absolute atomic E-state index is 0.00991. The van der Waals surface area contributed by atoms with Gasteiger partial charge in [-0.3, -0.25) is 9.10 Å². The predicted molar refractivity (Wildman–Crippen MR) is 141 cm³/mol. The quantitative estimate of drug-likeness (QED) is 0.238. The van der Waals surface area contributed by atoms with Gasteiger partial charge in [0, 0.05) is 17.7 Å². The third kappa shape index (κ3) is 5.04. The third-order valence-electron chi connectivity index (χ3n) is 6.35. The van der Waals surface area contributed by atoms with Crippen LogP contribution in [0.2, 0.25) is 0 Å². The summed E-state index contributed by atoms with van der Waals surface area (Å²) in [6, 6.07) is 30.6. The number of para-hydroxylation sites is 1. The highest BCUT2D eigenvalue weighted by molar-refractivity contribution is 7.92. The van der Waals surface area contributed by atoms with Crippen LogP contribution in [0.5, 0.6) is 0 Å². The van der Waals surface area contributed by atoms with Crippen molar-refractivity contribution in [3.8, 4) is 0 Å². The number of ether oxygens (including phenoxy) is 1. The van der Waals surface area contributed by atoms with Crippen LogP contribution in [0.3, 0.4) is 0 Å². The Labute approximate surface area is 216 Å². The molecule has 0 aromatic heterocycles. The zero-order chi connectivity index (χ0) is 25.8. The number of rotatable bonds is 7. The molecular weight excluding hydrogens is 486 g/mol. The van der Waals surface area contributed by atoms with Gasteiger partial charge in [-0.2, -0.15) is 0 Å². The lowest BCUT2D eigenvalue weighted by Gasteiger charge is -2.30. The first kappa shape index (κ1) is 24.5.